The minimum absolute atomic E-state index is 0.0174. The minimum atomic E-state index is -0.946. The monoisotopic (exact) mass is 398 g/mol. The fourth-order valence-electron chi connectivity index (χ4n) is 3.13. The van der Waals surface area contributed by atoms with E-state index < -0.39 is 17.9 Å². The van der Waals surface area contributed by atoms with E-state index in [4.69, 9.17) is 9.47 Å². The summed E-state index contributed by atoms with van der Waals surface area (Å²) in [6.07, 6.45) is -0.998. The van der Waals surface area contributed by atoms with Crippen molar-refractivity contribution in [2.24, 2.45) is 0 Å². The highest BCUT2D eigenvalue weighted by Crippen LogP contribution is 2.29. The minimum Gasteiger partial charge on any atom is -0.493 e. The molecule has 2 aromatic carbocycles. The molecule has 2 aromatic rings. The first-order chi connectivity index (χ1) is 14.0. The SMILES string of the molecule is COc1ccc(C(O)CNC(=O)CCN2C(=O)c3ccccc3C2=O)cc1OC. The highest BCUT2D eigenvalue weighted by atomic mass is 16.5. The van der Waals surface area contributed by atoms with E-state index in [0.29, 0.717) is 28.2 Å². The fraction of sp³-hybridized carbons (Fsp3) is 0.286. The first-order valence-electron chi connectivity index (χ1n) is 9.08. The first kappa shape index (κ1) is 20.3. The summed E-state index contributed by atoms with van der Waals surface area (Å²) < 4.78 is 10.4. The second-order valence-corrected chi connectivity index (χ2v) is 6.49. The Morgan fingerprint density at radius 3 is 2.24 bits per heavy atom. The Morgan fingerprint density at radius 2 is 1.66 bits per heavy atom. The van der Waals surface area contributed by atoms with Crippen LogP contribution in [0.2, 0.25) is 0 Å². The molecule has 0 aliphatic carbocycles. The van der Waals surface area contributed by atoms with Crippen molar-refractivity contribution in [3.63, 3.8) is 0 Å². The van der Waals surface area contributed by atoms with Gasteiger partial charge in [-0.25, -0.2) is 0 Å². The van der Waals surface area contributed by atoms with E-state index in [1.165, 1.54) is 14.2 Å². The second kappa shape index (κ2) is 8.74. The molecule has 1 heterocycles. The van der Waals surface area contributed by atoms with Crippen LogP contribution in [0.5, 0.6) is 11.5 Å². The summed E-state index contributed by atoms with van der Waals surface area (Å²) in [7, 11) is 3.01. The van der Waals surface area contributed by atoms with Gasteiger partial charge in [-0.05, 0) is 29.8 Å². The van der Waals surface area contributed by atoms with E-state index in [-0.39, 0.29) is 25.4 Å². The van der Waals surface area contributed by atoms with Gasteiger partial charge in [0.1, 0.15) is 0 Å². The number of hydrogen-bond donors (Lipinski definition) is 2. The van der Waals surface area contributed by atoms with Crippen LogP contribution in [-0.2, 0) is 4.79 Å². The van der Waals surface area contributed by atoms with E-state index >= 15 is 0 Å². The predicted octanol–water partition coefficient (Wildman–Crippen LogP) is 1.54. The van der Waals surface area contributed by atoms with Crippen LogP contribution in [0.3, 0.4) is 0 Å². The molecule has 0 bridgehead atoms. The van der Waals surface area contributed by atoms with Crippen LogP contribution in [0.25, 0.3) is 0 Å². The molecule has 0 saturated heterocycles. The molecular weight excluding hydrogens is 376 g/mol. The summed E-state index contributed by atoms with van der Waals surface area (Å²) in [6.45, 7) is -0.0406. The Balaban J connectivity index is 1.52. The summed E-state index contributed by atoms with van der Waals surface area (Å²) in [5.41, 5.74) is 1.26. The molecule has 0 spiro atoms. The molecule has 152 valence electrons. The quantitative estimate of drug-likeness (QED) is 0.654. The number of aliphatic hydroxyl groups is 1. The smallest absolute Gasteiger partial charge is 0.261 e. The largest absolute Gasteiger partial charge is 0.493 e. The van der Waals surface area contributed by atoms with Crippen LogP contribution in [-0.4, -0.2) is 55.0 Å². The fourth-order valence-corrected chi connectivity index (χ4v) is 3.13. The molecule has 2 N–H and O–H groups in total. The van der Waals surface area contributed by atoms with Gasteiger partial charge in [-0.3, -0.25) is 19.3 Å². The van der Waals surface area contributed by atoms with E-state index in [9.17, 15) is 19.5 Å². The zero-order chi connectivity index (χ0) is 21.0. The number of amides is 3. The van der Waals surface area contributed by atoms with Crippen LogP contribution < -0.4 is 14.8 Å². The topological polar surface area (TPSA) is 105 Å². The van der Waals surface area contributed by atoms with Crippen molar-refractivity contribution in [1.82, 2.24) is 10.2 Å². The van der Waals surface area contributed by atoms with Crippen LogP contribution in [0, 0.1) is 0 Å². The lowest BCUT2D eigenvalue weighted by Crippen LogP contribution is -2.35. The number of nitrogens with zero attached hydrogens (tertiary/aromatic N) is 1. The number of benzene rings is 2. The van der Waals surface area contributed by atoms with Gasteiger partial charge in [0.15, 0.2) is 11.5 Å². The van der Waals surface area contributed by atoms with Gasteiger partial charge < -0.3 is 19.9 Å². The van der Waals surface area contributed by atoms with Crippen LogP contribution in [0.15, 0.2) is 42.5 Å². The van der Waals surface area contributed by atoms with E-state index in [1.54, 1.807) is 42.5 Å². The van der Waals surface area contributed by atoms with Gasteiger partial charge in [-0.1, -0.05) is 18.2 Å². The van der Waals surface area contributed by atoms with Gasteiger partial charge in [-0.2, -0.15) is 0 Å². The Hall–Kier alpha value is -3.39. The third-order valence-corrected chi connectivity index (χ3v) is 4.73. The number of nitrogens with one attached hydrogen (secondary N) is 1. The summed E-state index contributed by atoms with van der Waals surface area (Å²) in [5.74, 6) is -0.164. The third kappa shape index (κ3) is 4.22. The maximum atomic E-state index is 12.3. The van der Waals surface area contributed by atoms with Gasteiger partial charge in [-0.15, -0.1) is 0 Å². The summed E-state index contributed by atoms with van der Waals surface area (Å²) in [6, 6.07) is 11.5. The maximum Gasteiger partial charge on any atom is 0.261 e. The normalized spacial score (nSPS) is 13.8. The van der Waals surface area contributed by atoms with Crippen molar-refractivity contribution < 1.29 is 29.0 Å². The van der Waals surface area contributed by atoms with Crippen molar-refractivity contribution in [1.29, 1.82) is 0 Å². The molecule has 8 nitrogen and oxygen atoms in total. The van der Waals surface area contributed by atoms with E-state index in [0.717, 1.165) is 4.90 Å². The number of ether oxygens (including phenoxy) is 2. The molecule has 0 radical (unpaired) electrons. The van der Waals surface area contributed by atoms with Crippen molar-refractivity contribution in [3.05, 3.63) is 59.2 Å². The zero-order valence-corrected chi connectivity index (χ0v) is 16.2. The Bertz CT molecular complexity index is 908. The van der Waals surface area contributed by atoms with E-state index in [1.807, 2.05) is 0 Å². The average molecular weight is 398 g/mol. The second-order valence-electron chi connectivity index (χ2n) is 6.49. The number of fused-ring (bicyclic) bond motifs is 1. The third-order valence-electron chi connectivity index (χ3n) is 4.73. The number of carbonyl (C=O) groups excluding carboxylic acids is 3. The Labute approximate surface area is 168 Å². The number of hydrogen-bond acceptors (Lipinski definition) is 6. The van der Waals surface area contributed by atoms with E-state index in [2.05, 4.69) is 5.32 Å². The molecule has 1 aliphatic rings. The number of methoxy groups -OCH3 is 2. The Kier molecular flexibility index (Phi) is 6.13. The van der Waals surface area contributed by atoms with Crippen molar-refractivity contribution in [2.75, 3.05) is 27.3 Å². The number of imide groups is 1. The van der Waals surface area contributed by atoms with Crippen molar-refractivity contribution in [2.45, 2.75) is 12.5 Å². The van der Waals surface area contributed by atoms with Gasteiger partial charge in [0.2, 0.25) is 5.91 Å². The molecule has 1 atom stereocenters. The van der Waals surface area contributed by atoms with Crippen LogP contribution >= 0.6 is 0 Å². The van der Waals surface area contributed by atoms with Crippen LogP contribution in [0.1, 0.15) is 38.8 Å². The highest BCUT2D eigenvalue weighted by Gasteiger charge is 2.34. The molecule has 1 aliphatic heterocycles. The molecule has 0 aromatic heterocycles. The molecule has 29 heavy (non-hydrogen) atoms. The average Bonchev–Trinajstić information content (AvgIpc) is 3.00. The molecule has 8 heteroatoms. The Morgan fingerprint density at radius 1 is 1.03 bits per heavy atom. The lowest BCUT2D eigenvalue weighted by atomic mass is 10.1. The standard InChI is InChI=1S/C21H22N2O6/c1-28-17-8-7-13(11-18(17)29-2)16(24)12-22-19(25)9-10-23-20(26)14-5-3-4-6-15(14)21(23)27/h3-8,11,16,24H,9-10,12H2,1-2H3,(H,22,25). The number of rotatable bonds is 8. The van der Waals surface area contributed by atoms with Crippen molar-refractivity contribution >= 4 is 17.7 Å². The highest BCUT2D eigenvalue weighted by molar-refractivity contribution is 6.21. The van der Waals surface area contributed by atoms with Crippen molar-refractivity contribution in [3.8, 4) is 11.5 Å². The molecule has 3 rings (SSSR count). The summed E-state index contributed by atoms with van der Waals surface area (Å²) in [4.78, 5) is 37.8. The molecular formula is C21H22N2O6. The summed E-state index contributed by atoms with van der Waals surface area (Å²) in [5, 5.41) is 12.9. The lowest BCUT2D eigenvalue weighted by Gasteiger charge is -2.16. The zero-order valence-electron chi connectivity index (χ0n) is 16.2. The number of carbonyl (C=O) groups is 3. The van der Waals surface area contributed by atoms with Crippen LogP contribution in [0.4, 0.5) is 0 Å². The molecule has 3 amide bonds. The van der Waals surface area contributed by atoms with Gasteiger partial charge >= 0.3 is 0 Å². The molecule has 1 unspecified atom stereocenters. The van der Waals surface area contributed by atoms with Gasteiger partial charge in [0.05, 0.1) is 31.5 Å². The lowest BCUT2D eigenvalue weighted by molar-refractivity contribution is -0.121. The number of aliphatic hydroxyl groups excluding tert-OH is 1. The maximum absolute atomic E-state index is 12.3. The van der Waals surface area contributed by atoms with Gasteiger partial charge in [0, 0.05) is 19.5 Å². The van der Waals surface area contributed by atoms with Gasteiger partial charge in [0.25, 0.3) is 11.8 Å². The molecule has 0 saturated carbocycles. The molecule has 0 fully saturated rings. The predicted molar refractivity (Wildman–Crippen MR) is 104 cm³/mol. The summed E-state index contributed by atoms with van der Waals surface area (Å²) >= 11 is 0. The first-order valence-corrected chi connectivity index (χ1v) is 9.08.